The van der Waals surface area contributed by atoms with Gasteiger partial charge in [0.15, 0.2) is 5.82 Å². The summed E-state index contributed by atoms with van der Waals surface area (Å²) in [5.74, 6) is 0.656. The van der Waals surface area contributed by atoms with Crippen LogP contribution < -0.4 is 5.32 Å². The first-order valence-electron chi connectivity index (χ1n) is 3.89. The third kappa shape index (κ3) is 2.12. The van der Waals surface area contributed by atoms with Gasteiger partial charge in [-0.2, -0.15) is 5.21 Å². The Kier molecular flexibility index (Phi) is 2.33. The molecule has 0 fully saturated rings. The first-order chi connectivity index (χ1) is 6.45. The summed E-state index contributed by atoms with van der Waals surface area (Å²) in [4.78, 5) is 0. The number of hydrogen-bond acceptors (Lipinski definition) is 5. The molecule has 0 saturated carbocycles. The zero-order valence-corrected chi connectivity index (χ0v) is 6.90. The third-order valence-electron chi connectivity index (χ3n) is 1.58. The van der Waals surface area contributed by atoms with Crippen LogP contribution in [0.2, 0.25) is 0 Å². The number of rotatable bonds is 4. The molecule has 0 aliphatic rings. The van der Waals surface area contributed by atoms with Crippen LogP contribution in [-0.2, 0) is 13.1 Å². The molecule has 6 heteroatoms. The van der Waals surface area contributed by atoms with Crippen molar-refractivity contribution in [3.05, 3.63) is 30.0 Å². The summed E-state index contributed by atoms with van der Waals surface area (Å²) in [5.41, 5.74) is 1.10. The van der Waals surface area contributed by atoms with Gasteiger partial charge in [-0.1, -0.05) is 5.21 Å². The van der Waals surface area contributed by atoms with Gasteiger partial charge in [-0.15, -0.1) is 10.2 Å². The summed E-state index contributed by atoms with van der Waals surface area (Å²) in [6, 6.07) is 1.91. The van der Waals surface area contributed by atoms with Gasteiger partial charge in [-0.25, -0.2) is 0 Å². The molecule has 0 radical (unpaired) electrons. The van der Waals surface area contributed by atoms with E-state index in [1.807, 2.05) is 6.07 Å². The molecular weight excluding hydrogens is 170 g/mol. The second kappa shape index (κ2) is 3.81. The van der Waals surface area contributed by atoms with Crippen LogP contribution in [0.4, 0.5) is 0 Å². The van der Waals surface area contributed by atoms with Crippen molar-refractivity contribution in [2.24, 2.45) is 0 Å². The zero-order valence-electron chi connectivity index (χ0n) is 6.90. The van der Waals surface area contributed by atoms with E-state index in [9.17, 15) is 0 Å². The number of aromatic amines is 1. The van der Waals surface area contributed by atoms with E-state index in [0.29, 0.717) is 12.4 Å². The summed E-state index contributed by atoms with van der Waals surface area (Å²) in [6.45, 7) is 1.34. The molecule has 0 spiro atoms. The molecule has 6 nitrogen and oxygen atoms in total. The Hall–Kier alpha value is -1.69. The minimum Gasteiger partial charge on any atom is -0.472 e. The maximum absolute atomic E-state index is 4.91. The van der Waals surface area contributed by atoms with Crippen LogP contribution in [0.1, 0.15) is 11.4 Å². The maximum atomic E-state index is 4.91. The summed E-state index contributed by atoms with van der Waals surface area (Å²) in [6.07, 6.45) is 3.34. The quantitative estimate of drug-likeness (QED) is 0.694. The van der Waals surface area contributed by atoms with Crippen LogP contribution >= 0.6 is 0 Å². The standard InChI is InChI=1S/C7H9N5O/c1-2-13-5-6(1)3-8-4-7-9-11-12-10-7/h1-2,5,8H,3-4H2,(H,9,10,11,12). The molecule has 2 N–H and O–H groups in total. The van der Waals surface area contributed by atoms with Gasteiger partial charge in [0.05, 0.1) is 19.1 Å². The Labute approximate surface area is 74.3 Å². The van der Waals surface area contributed by atoms with E-state index in [1.54, 1.807) is 12.5 Å². The third-order valence-corrected chi connectivity index (χ3v) is 1.58. The molecule has 13 heavy (non-hydrogen) atoms. The second-order valence-corrected chi connectivity index (χ2v) is 2.56. The Morgan fingerprint density at radius 1 is 1.46 bits per heavy atom. The van der Waals surface area contributed by atoms with Crippen molar-refractivity contribution >= 4 is 0 Å². The van der Waals surface area contributed by atoms with E-state index >= 15 is 0 Å². The molecule has 68 valence electrons. The van der Waals surface area contributed by atoms with Crippen molar-refractivity contribution in [1.82, 2.24) is 25.9 Å². The molecule has 2 aromatic rings. The average molecular weight is 179 g/mol. The molecule has 2 aromatic heterocycles. The summed E-state index contributed by atoms with van der Waals surface area (Å²) < 4.78 is 4.91. The SMILES string of the molecule is c1cc(CNCc2nn[nH]n2)co1. The summed E-state index contributed by atoms with van der Waals surface area (Å²) in [7, 11) is 0. The minimum absolute atomic E-state index is 0.599. The van der Waals surface area contributed by atoms with Crippen molar-refractivity contribution < 1.29 is 4.42 Å². The Balaban J connectivity index is 1.76. The fourth-order valence-corrected chi connectivity index (χ4v) is 0.969. The van der Waals surface area contributed by atoms with Gasteiger partial charge in [0.25, 0.3) is 0 Å². The molecule has 0 aliphatic carbocycles. The molecule has 0 amide bonds. The van der Waals surface area contributed by atoms with E-state index in [0.717, 1.165) is 12.1 Å². The Morgan fingerprint density at radius 3 is 3.15 bits per heavy atom. The van der Waals surface area contributed by atoms with Crippen LogP contribution in [0.25, 0.3) is 0 Å². The van der Waals surface area contributed by atoms with Crippen LogP contribution in [0.3, 0.4) is 0 Å². The van der Waals surface area contributed by atoms with E-state index < -0.39 is 0 Å². The molecular formula is C7H9N5O. The highest BCUT2D eigenvalue weighted by Crippen LogP contribution is 1.98. The lowest BCUT2D eigenvalue weighted by atomic mass is 10.3. The molecule has 0 bridgehead atoms. The van der Waals surface area contributed by atoms with Gasteiger partial charge in [0.2, 0.25) is 0 Å². The van der Waals surface area contributed by atoms with Gasteiger partial charge in [-0.05, 0) is 6.07 Å². The van der Waals surface area contributed by atoms with Crippen LogP contribution in [0.15, 0.2) is 23.0 Å². The zero-order chi connectivity index (χ0) is 8.93. The maximum Gasteiger partial charge on any atom is 0.188 e. The molecule has 0 unspecified atom stereocenters. The highest BCUT2D eigenvalue weighted by Gasteiger charge is 1.97. The lowest BCUT2D eigenvalue weighted by Crippen LogP contribution is -2.13. The number of H-pyrrole nitrogens is 1. The molecule has 0 aromatic carbocycles. The van der Waals surface area contributed by atoms with E-state index in [2.05, 4.69) is 25.9 Å². The highest BCUT2D eigenvalue weighted by molar-refractivity contribution is 5.04. The predicted octanol–water partition coefficient (Wildman–Crippen LogP) is 0.0825. The van der Waals surface area contributed by atoms with E-state index in [1.165, 1.54) is 0 Å². The number of furan rings is 1. The van der Waals surface area contributed by atoms with Crippen molar-refractivity contribution in [2.45, 2.75) is 13.1 Å². The van der Waals surface area contributed by atoms with Gasteiger partial charge >= 0.3 is 0 Å². The van der Waals surface area contributed by atoms with Crippen LogP contribution in [0.5, 0.6) is 0 Å². The number of hydrogen-bond donors (Lipinski definition) is 2. The van der Waals surface area contributed by atoms with Gasteiger partial charge in [-0.3, -0.25) is 0 Å². The van der Waals surface area contributed by atoms with E-state index in [4.69, 9.17) is 4.42 Å². The number of nitrogens with one attached hydrogen (secondary N) is 2. The number of tetrazole rings is 1. The number of nitrogens with zero attached hydrogens (tertiary/aromatic N) is 3. The minimum atomic E-state index is 0.599. The molecule has 0 aliphatic heterocycles. The predicted molar refractivity (Wildman–Crippen MR) is 43.4 cm³/mol. The lowest BCUT2D eigenvalue weighted by molar-refractivity contribution is 0.559. The topological polar surface area (TPSA) is 79.6 Å². The van der Waals surface area contributed by atoms with Crippen molar-refractivity contribution in [2.75, 3.05) is 0 Å². The fourth-order valence-electron chi connectivity index (χ4n) is 0.969. The van der Waals surface area contributed by atoms with E-state index in [-0.39, 0.29) is 0 Å². The molecule has 0 saturated heterocycles. The van der Waals surface area contributed by atoms with Crippen LogP contribution in [-0.4, -0.2) is 20.6 Å². The van der Waals surface area contributed by atoms with Gasteiger partial charge < -0.3 is 9.73 Å². The summed E-state index contributed by atoms with van der Waals surface area (Å²) in [5, 5.41) is 16.6. The van der Waals surface area contributed by atoms with Gasteiger partial charge in [0.1, 0.15) is 0 Å². The highest BCUT2D eigenvalue weighted by atomic mass is 16.3. The summed E-state index contributed by atoms with van der Waals surface area (Å²) >= 11 is 0. The lowest BCUT2D eigenvalue weighted by Gasteiger charge is -1.96. The van der Waals surface area contributed by atoms with Gasteiger partial charge in [0, 0.05) is 12.1 Å². The average Bonchev–Trinajstić information content (AvgIpc) is 2.75. The Morgan fingerprint density at radius 2 is 2.46 bits per heavy atom. The molecule has 2 rings (SSSR count). The van der Waals surface area contributed by atoms with Crippen LogP contribution in [0, 0.1) is 0 Å². The largest absolute Gasteiger partial charge is 0.472 e. The second-order valence-electron chi connectivity index (χ2n) is 2.56. The van der Waals surface area contributed by atoms with Crippen molar-refractivity contribution in [3.63, 3.8) is 0 Å². The first-order valence-corrected chi connectivity index (χ1v) is 3.89. The smallest absolute Gasteiger partial charge is 0.188 e. The van der Waals surface area contributed by atoms with Crippen molar-refractivity contribution in [3.8, 4) is 0 Å². The number of aromatic nitrogens is 4. The normalized spacial score (nSPS) is 10.5. The molecule has 0 atom stereocenters. The van der Waals surface area contributed by atoms with Crippen molar-refractivity contribution in [1.29, 1.82) is 0 Å². The Bertz CT molecular complexity index is 293. The fraction of sp³-hybridized carbons (Fsp3) is 0.286. The molecule has 2 heterocycles. The monoisotopic (exact) mass is 179 g/mol. The first kappa shape index (κ1) is 7.93.